The maximum atomic E-state index is 13.1. The molecule has 0 saturated heterocycles. The molecular formula is C24H26N4O. The molecule has 1 amide bonds. The van der Waals surface area contributed by atoms with Gasteiger partial charge in [-0.15, -0.1) is 0 Å². The van der Waals surface area contributed by atoms with Crippen LogP contribution in [0.4, 0.5) is 11.5 Å². The number of carbonyl (C=O) groups excluding carboxylic acids is 1. The number of nitrogens with zero attached hydrogens (tertiary/aromatic N) is 3. The van der Waals surface area contributed by atoms with Crippen LogP contribution in [0.15, 0.2) is 54.6 Å². The third-order valence-electron chi connectivity index (χ3n) is 5.32. The molecule has 0 aliphatic carbocycles. The average molecular weight is 386 g/mol. The van der Waals surface area contributed by atoms with Gasteiger partial charge in [0.2, 0.25) is 0 Å². The van der Waals surface area contributed by atoms with Crippen LogP contribution in [0.5, 0.6) is 0 Å². The molecule has 2 heterocycles. The molecule has 0 atom stereocenters. The summed E-state index contributed by atoms with van der Waals surface area (Å²) in [7, 11) is 0. The number of carbonyl (C=O) groups is 1. The molecule has 3 aromatic rings. The average Bonchev–Trinajstić information content (AvgIpc) is 2.73. The molecule has 5 heteroatoms. The zero-order valence-corrected chi connectivity index (χ0v) is 17.1. The molecule has 1 aliphatic rings. The summed E-state index contributed by atoms with van der Waals surface area (Å²) in [5.41, 5.74) is 5.19. The zero-order valence-electron chi connectivity index (χ0n) is 17.1. The number of aromatic nitrogens is 2. The predicted molar refractivity (Wildman–Crippen MR) is 115 cm³/mol. The Hall–Kier alpha value is -3.21. The quantitative estimate of drug-likeness (QED) is 0.696. The lowest BCUT2D eigenvalue weighted by molar-refractivity contribution is 0.0728. The third kappa shape index (κ3) is 4.29. The largest absolute Gasteiger partial charge is 0.340 e. The van der Waals surface area contributed by atoms with Gasteiger partial charge in [-0.25, -0.2) is 9.97 Å². The Balaban J connectivity index is 1.53. The van der Waals surface area contributed by atoms with Gasteiger partial charge in [-0.3, -0.25) is 4.79 Å². The normalized spacial score (nSPS) is 13.3. The first-order valence-electron chi connectivity index (χ1n) is 10.1. The summed E-state index contributed by atoms with van der Waals surface area (Å²) >= 11 is 0. The number of hydrogen-bond acceptors (Lipinski definition) is 4. The zero-order chi connectivity index (χ0) is 20.4. The molecule has 4 rings (SSSR count). The molecule has 148 valence electrons. The summed E-state index contributed by atoms with van der Waals surface area (Å²) in [6.07, 6.45) is 0.874. The summed E-state index contributed by atoms with van der Waals surface area (Å²) in [5, 5.41) is 3.30. The van der Waals surface area contributed by atoms with Crippen molar-refractivity contribution >= 4 is 17.4 Å². The smallest absolute Gasteiger partial charge is 0.272 e. The van der Waals surface area contributed by atoms with E-state index in [9.17, 15) is 4.79 Å². The van der Waals surface area contributed by atoms with Gasteiger partial charge >= 0.3 is 0 Å². The van der Waals surface area contributed by atoms with Crippen LogP contribution >= 0.6 is 0 Å². The Kier molecular flexibility index (Phi) is 5.30. The molecule has 1 aliphatic heterocycles. The van der Waals surface area contributed by atoms with E-state index >= 15 is 0 Å². The van der Waals surface area contributed by atoms with Crippen LogP contribution in [0.3, 0.4) is 0 Å². The van der Waals surface area contributed by atoms with Crippen molar-refractivity contribution in [1.29, 1.82) is 0 Å². The van der Waals surface area contributed by atoms with Gasteiger partial charge in [-0.1, -0.05) is 50.2 Å². The number of hydrogen-bond donors (Lipinski definition) is 1. The van der Waals surface area contributed by atoms with Gasteiger partial charge in [-0.2, -0.15) is 0 Å². The van der Waals surface area contributed by atoms with E-state index in [2.05, 4.69) is 59.5 Å². The number of fused-ring (bicyclic) bond motifs is 1. The van der Waals surface area contributed by atoms with Crippen molar-refractivity contribution in [2.24, 2.45) is 0 Å². The van der Waals surface area contributed by atoms with Crippen LogP contribution in [0.25, 0.3) is 0 Å². The number of nitrogens with one attached hydrogen (secondary N) is 1. The standard InChI is InChI=1S/C24H26N4O/c1-16(2)18-8-10-21(11-9-18)27-23-14-22(25-17(3)26-23)24(29)28-13-12-19-6-4-5-7-20(19)15-28/h4-11,14,16H,12-13,15H2,1-3H3,(H,25,26,27). The van der Waals surface area contributed by atoms with Crippen molar-refractivity contribution in [2.75, 3.05) is 11.9 Å². The number of rotatable bonds is 4. The molecule has 0 bridgehead atoms. The fourth-order valence-electron chi connectivity index (χ4n) is 3.67. The highest BCUT2D eigenvalue weighted by atomic mass is 16.2. The molecule has 1 N–H and O–H groups in total. The van der Waals surface area contributed by atoms with Crippen LogP contribution in [0.1, 0.15) is 52.8 Å². The minimum Gasteiger partial charge on any atom is -0.340 e. The van der Waals surface area contributed by atoms with Crippen LogP contribution < -0.4 is 5.32 Å². The Morgan fingerprint density at radius 1 is 1.03 bits per heavy atom. The number of amides is 1. The van der Waals surface area contributed by atoms with Crippen molar-refractivity contribution in [3.8, 4) is 0 Å². The second-order valence-electron chi connectivity index (χ2n) is 7.83. The van der Waals surface area contributed by atoms with E-state index < -0.39 is 0 Å². The first-order valence-corrected chi connectivity index (χ1v) is 10.1. The SMILES string of the molecule is Cc1nc(Nc2ccc(C(C)C)cc2)cc(C(=O)N2CCc3ccccc3C2)n1. The monoisotopic (exact) mass is 386 g/mol. The van der Waals surface area contributed by atoms with Gasteiger partial charge in [0.1, 0.15) is 17.3 Å². The van der Waals surface area contributed by atoms with Crippen LogP contribution in [0.2, 0.25) is 0 Å². The number of aryl methyl sites for hydroxylation is 1. The van der Waals surface area contributed by atoms with Gasteiger partial charge in [0, 0.05) is 24.8 Å². The Morgan fingerprint density at radius 3 is 2.48 bits per heavy atom. The highest BCUT2D eigenvalue weighted by molar-refractivity contribution is 5.93. The fourth-order valence-corrected chi connectivity index (χ4v) is 3.67. The molecular weight excluding hydrogens is 360 g/mol. The van der Waals surface area contributed by atoms with E-state index in [1.54, 1.807) is 6.07 Å². The third-order valence-corrected chi connectivity index (χ3v) is 5.32. The molecule has 5 nitrogen and oxygen atoms in total. The summed E-state index contributed by atoms with van der Waals surface area (Å²) in [6.45, 7) is 7.49. The van der Waals surface area contributed by atoms with Gasteiger partial charge in [-0.05, 0) is 48.1 Å². The first-order chi connectivity index (χ1) is 14.0. The molecule has 2 aromatic carbocycles. The van der Waals surface area contributed by atoms with Crippen LogP contribution in [-0.4, -0.2) is 27.3 Å². The minimum absolute atomic E-state index is 0.0526. The maximum absolute atomic E-state index is 13.1. The lowest BCUT2D eigenvalue weighted by Crippen LogP contribution is -2.36. The first kappa shape index (κ1) is 19.1. The molecule has 1 aromatic heterocycles. The van der Waals surface area contributed by atoms with E-state index in [0.717, 1.165) is 12.1 Å². The van der Waals surface area contributed by atoms with Crippen molar-refractivity contribution in [3.63, 3.8) is 0 Å². The van der Waals surface area contributed by atoms with E-state index in [0.29, 0.717) is 36.3 Å². The molecule has 29 heavy (non-hydrogen) atoms. The van der Waals surface area contributed by atoms with E-state index in [4.69, 9.17) is 0 Å². The highest BCUT2D eigenvalue weighted by Gasteiger charge is 2.23. The van der Waals surface area contributed by atoms with Crippen molar-refractivity contribution < 1.29 is 4.79 Å². The lowest BCUT2D eigenvalue weighted by Gasteiger charge is -2.28. The van der Waals surface area contributed by atoms with Gasteiger partial charge in [0.05, 0.1) is 0 Å². The summed E-state index contributed by atoms with van der Waals surface area (Å²) in [6, 6.07) is 18.3. The summed E-state index contributed by atoms with van der Waals surface area (Å²) < 4.78 is 0. The molecule has 0 radical (unpaired) electrons. The van der Waals surface area contributed by atoms with Crippen molar-refractivity contribution in [2.45, 2.75) is 39.7 Å². The lowest BCUT2D eigenvalue weighted by atomic mass is 10.00. The Morgan fingerprint density at radius 2 is 1.76 bits per heavy atom. The van der Waals surface area contributed by atoms with Crippen LogP contribution in [-0.2, 0) is 13.0 Å². The maximum Gasteiger partial charge on any atom is 0.272 e. The van der Waals surface area contributed by atoms with Gasteiger partial charge < -0.3 is 10.2 Å². The van der Waals surface area contributed by atoms with E-state index in [1.165, 1.54) is 16.7 Å². The van der Waals surface area contributed by atoms with E-state index in [1.807, 2.05) is 30.0 Å². The van der Waals surface area contributed by atoms with Gasteiger partial charge in [0.25, 0.3) is 5.91 Å². The predicted octanol–water partition coefficient (Wildman–Crippen LogP) is 4.85. The van der Waals surface area contributed by atoms with Gasteiger partial charge in [0.15, 0.2) is 0 Å². The molecule has 0 spiro atoms. The van der Waals surface area contributed by atoms with Crippen molar-refractivity contribution in [3.05, 3.63) is 82.8 Å². The minimum atomic E-state index is -0.0526. The second-order valence-corrected chi connectivity index (χ2v) is 7.83. The second kappa shape index (κ2) is 8.03. The highest BCUT2D eigenvalue weighted by Crippen LogP contribution is 2.22. The Bertz CT molecular complexity index is 1030. The summed E-state index contributed by atoms with van der Waals surface area (Å²) in [5.74, 6) is 1.65. The van der Waals surface area contributed by atoms with Crippen molar-refractivity contribution in [1.82, 2.24) is 14.9 Å². The molecule has 0 unspecified atom stereocenters. The molecule has 0 saturated carbocycles. The molecule has 0 fully saturated rings. The fraction of sp³-hybridized carbons (Fsp3) is 0.292. The number of anilines is 2. The van der Waals surface area contributed by atoms with E-state index in [-0.39, 0.29) is 5.91 Å². The summed E-state index contributed by atoms with van der Waals surface area (Å²) in [4.78, 5) is 23.8. The van der Waals surface area contributed by atoms with Crippen LogP contribution in [0, 0.1) is 6.92 Å². The topological polar surface area (TPSA) is 58.1 Å². The Labute approximate surface area is 171 Å². The number of benzene rings is 2.